The van der Waals surface area contributed by atoms with Crippen LogP contribution in [-0.4, -0.2) is 52.9 Å². The van der Waals surface area contributed by atoms with Crippen LogP contribution in [0.1, 0.15) is 42.5 Å². The van der Waals surface area contributed by atoms with Crippen molar-refractivity contribution in [2.24, 2.45) is 0 Å². The van der Waals surface area contributed by atoms with Crippen molar-refractivity contribution in [2.45, 2.75) is 43.9 Å². The predicted octanol–water partition coefficient (Wildman–Crippen LogP) is 2.38. The minimum absolute atomic E-state index is 0.00520. The first-order valence-corrected chi connectivity index (χ1v) is 9.78. The van der Waals surface area contributed by atoms with E-state index in [-0.39, 0.29) is 11.3 Å². The normalized spacial score (nSPS) is 21.3. The van der Waals surface area contributed by atoms with E-state index in [0.29, 0.717) is 6.42 Å². The van der Waals surface area contributed by atoms with Crippen LogP contribution in [0.5, 0.6) is 0 Å². The summed E-state index contributed by atoms with van der Waals surface area (Å²) in [5.74, 6) is 1.00. The van der Waals surface area contributed by atoms with E-state index in [0.717, 1.165) is 56.7 Å². The fraction of sp³-hybridized carbons (Fsp3) is 0.524. The van der Waals surface area contributed by atoms with E-state index in [1.165, 1.54) is 11.3 Å². The number of aromatic nitrogens is 3. The number of carbonyl (C=O) groups excluding carboxylic acids is 1. The fourth-order valence-electron chi connectivity index (χ4n) is 4.44. The molecule has 3 heterocycles. The highest BCUT2D eigenvalue weighted by Crippen LogP contribution is 2.44. The maximum atomic E-state index is 12.9. The number of aryl methyl sites for hydroxylation is 2. The molecule has 1 aliphatic carbocycles. The number of hydrogen-bond acceptors (Lipinski definition) is 5. The quantitative estimate of drug-likeness (QED) is 0.832. The number of likely N-dealkylation sites (tertiary alicyclic amines) is 1. The summed E-state index contributed by atoms with van der Waals surface area (Å²) in [5, 5.41) is 0. The standard InChI is InChI=1S/C21H27N5O/c1-25(2)20-23-14-17-8-10-21(19(17)24-20)9-4-12-26(15-21)18(27)7-6-16-5-3-11-22-13-16/h3,5,11,13-14H,4,6-10,12,15H2,1-2H3. The van der Waals surface area contributed by atoms with Gasteiger partial charge in [0.1, 0.15) is 0 Å². The highest BCUT2D eigenvalue weighted by molar-refractivity contribution is 5.76. The Kier molecular flexibility index (Phi) is 4.81. The molecule has 2 aromatic rings. The maximum absolute atomic E-state index is 12.9. The number of amides is 1. The Balaban J connectivity index is 1.49. The van der Waals surface area contributed by atoms with Gasteiger partial charge in [-0.3, -0.25) is 9.78 Å². The highest BCUT2D eigenvalue weighted by atomic mass is 16.2. The third-order valence-corrected chi connectivity index (χ3v) is 5.91. The first-order chi connectivity index (χ1) is 13.1. The largest absolute Gasteiger partial charge is 0.347 e. The number of fused-ring (bicyclic) bond motifs is 2. The second-order valence-corrected chi connectivity index (χ2v) is 8.00. The molecule has 1 unspecified atom stereocenters. The molecule has 142 valence electrons. The molecule has 1 spiro atoms. The Hall–Kier alpha value is -2.50. The summed E-state index contributed by atoms with van der Waals surface area (Å²) in [4.78, 5) is 30.4. The van der Waals surface area contributed by atoms with E-state index < -0.39 is 0 Å². The minimum atomic E-state index is 0.00520. The molecule has 2 aliphatic rings. The van der Waals surface area contributed by atoms with Gasteiger partial charge in [0.2, 0.25) is 11.9 Å². The molecule has 1 saturated heterocycles. The van der Waals surface area contributed by atoms with Gasteiger partial charge >= 0.3 is 0 Å². The molecule has 1 amide bonds. The molecule has 0 aromatic carbocycles. The highest BCUT2D eigenvalue weighted by Gasteiger charge is 2.44. The van der Waals surface area contributed by atoms with Crippen molar-refractivity contribution in [1.82, 2.24) is 19.9 Å². The Bertz CT molecular complexity index is 819. The lowest BCUT2D eigenvalue weighted by Gasteiger charge is -2.40. The molecule has 1 atom stereocenters. The molecular formula is C21H27N5O. The topological polar surface area (TPSA) is 62.2 Å². The second kappa shape index (κ2) is 7.25. The summed E-state index contributed by atoms with van der Waals surface area (Å²) in [6.07, 6.45) is 11.1. The first kappa shape index (κ1) is 17.9. The number of piperidine rings is 1. The van der Waals surface area contributed by atoms with Gasteiger partial charge in [0.15, 0.2) is 0 Å². The molecule has 1 aliphatic heterocycles. The number of hydrogen-bond donors (Lipinski definition) is 0. The van der Waals surface area contributed by atoms with Crippen molar-refractivity contribution < 1.29 is 4.79 Å². The second-order valence-electron chi connectivity index (χ2n) is 8.00. The zero-order valence-electron chi connectivity index (χ0n) is 16.2. The molecule has 6 nitrogen and oxygen atoms in total. The third-order valence-electron chi connectivity index (χ3n) is 5.91. The van der Waals surface area contributed by atoms with Crippen LogP contribution in [0.4, 0.5) is 5.95 Å². The van der Waals surface area contributed by atoms with Crippen LogP contribution in [-0.2, 0) is 23.1 Å². The Labute approximate surface area is 160 Å². The van der Waals surface area contributed by atoms with E-state index >= 15 is 0 Å². The number of carbonyl (C=O) groups is 1. The third kappa shape index (κ3) is 3.53. The molecule has 0 saturated carbocycles. The number of pyridine rings is 1. The van der Waals surface area contributed by atoms with Crippen LogP contribution in [0.2, 0.25) is 0 Å². The van der Waals surface area contributed by atoms with Gasteiger partial charge in [0.25, 0.3) is 0 Å². The molecule has 0 N–H and O–H groups in total. The smallest absolute Gasteiger partial charge is 0.225 e. The lowest BCUT2D eigenvalue weighted by atomic mass is 9.77. The minimum Gasteiger partial charge on any atom is -0.347 e. The molecule has 0 bridgehead atoms. The van der Waals surface area contributed by atoms with Crippen LogP contribution < -0.4 is 4.90 Å². The fourth-order valence-corrected chi connectivity index (χ4v) is 4.44. The van der Waals surface area contributed by atoms with E-state index in [4.69, 9.17) is 4.98 Å². The zero-order chi connectivity index (χ0) is 18.9. The molecule has 1 fully saturated rings. The zero-order valence-corrected chi connectivity index (χ0v) is 16.2. The lowest BCUT2D eigenvalue weighted by Crippen LogP contribution is -2.48. The summed E-state index contributed by atoms with van der Waals surface area (Å²) in [5.41, 5.74) is 3.55. The van der Waals surface area contributed by atoms with Gasteiger partial charge in [-0.15, -0.1) is 0 Å². The first-order valence-electron chi connectivity index (χ1n) is 9.78. The molecule has 2 aromatic heterocycles. The van der Waals surface area contributed by atoms with Gasteiger partial charge in [-0.2, -0.15) is 0 Å². The summed E-state index contributed by atoms with van der Waals surface area (Å²) >= 11 is 0. The predicted molar refractivity (Wildman–Crippen MR) is 105 cm³/mol. The number of anilines is 1. The van der Waals surface area contributed by atoms with Gasteiger partial charge in [-0.25, -0.2) is 9.97 Å². The maximum Gasteiger partial charge on any atom is 0.225 e. The van der Waals surface area contributed by atoms with Gasteiger partial charge in [0, 0.05) is 57.6 Å². The van der Waals surface area contributed by atoms with Crippen LogP contribution in [0.3, 0.4) is 0 Å². The van der Waals surface area contributed by atoms with Crippen molar-refractivity contribution in [3.05, 3.63) is 47.5 Å². The van der Waals surface area contributed by atoms with Gasteiger partial charge in [-0.1, -0.05) is 6.07 Å². The lowest BCUT2D eigenvalue weighted by molar-refractivity contribution is -0.133. The van der Waals surface area contributed by atoms with E-state index in [9.17, 15) is 4.79 Å². The molecule has 4 rings (SSSR count). The van der Waals surface area contributed by atoms with E-state index in [2.05, 4.69) is 14.9 Å². The van der Waals surface area contributed by atoms with Gasteiger partial charge in [-0.05, 0) is 49.3 Å². The average Bonchev–Trinajstić information content (AvgIpc) is 3.04. The monoisotopic (exact) mass is 365 g/mol. The summed E-state index contributed by atoms with van der Waals surface area (Å²) in [6, 6.07) is 3.96. The Morgan fingerprint density at radius 2 is 2.19 bits per heavy atom. The summed E-state index contributed by atoms with van der Waals surface area (Å²) in [6.45, 7) is 1.64. The molecule has 27 heavy (non-hydrogen) atoms. The van der Waals surface area contributed by atoms with Crippen LogP contribution in [0.25, 0.3) is 0 Å². The Morgan fingerprint density at radius 1 is 1.30 bits per heavy atom. The van der Waals surface area contributed by atoms with E-state index in [1.807, 2.05) is 43.5 Å². The van der Waals surface area contributed by atoms with Crippen LogP contribution in [0, 0.1) is 0 Å². The number of nitrogens with zero attached hydrogens (tertiary/aromatic N) is 5. The van der Waals surface area contributed by atoms with Crippen LogP contribution >= 0.6 is 0 Å². The van der Waals surface area contributed by atoms with Crippen LogP contribution in [0.15, 0.2) is 30.7 Å². The molecule has 6 heteroatoms. The van der Waals surface area contributed by atoms with Crippen molar-refractivity contribution >= 4 is 11.9 Å². The summed E-state index contributed by atoms with van der Waals surface area (Å²) < 4.78 is 0. The Morgan fingerprint density at radius 3 is 2.96 bits per heavy atom. The van der Waals surface area contributed by atoms with Crippen molar-refractivity contribution in [2.75, 3.05) is 32.1 Å². The SMILES string of the molecule is CN(C)c1ncc2c(n1)C1(CCCN(C(=O)CCc3cccnc3)C1)CC2. The van der Waals surface area contributed by atoms with Gasteiger partial charge in [0.05, 0.1) is 5.69 Å². The van der Waals surface area contributed by atoms with Crippen molar-refractivity contribution in [3.8, 4) is 0 Å². The van der Waals surface area contributed by atoms with E-state index in [1.54, 1.807) is 6.20 Å². The van der Waals surface area contributed by atoms with Gasteiger partial charge < -0.3 is 9.80 Å². The van der Waals surface area contributed by atoms with Crippen molar-refractivity contribution in [1.29, 1.82) is 0 Å². The molecule has 0 radical (unpaired) electrons. The summed E-state index contributed by atoms with van der Waals surface area (Å²) in [7, 11) is 3.94. The number of rotatable bonds is 4. The van der Waals surface area contributed by atoms with Crippen molar-refractivity contribution in [3.63, 3.8) is 0 Å². The molecular weight excluding hydrogens is 338 g/mol. The average molecular weight is 365 g/mol.